The summed E-state index contributed by atoms with van der Waals surface area (Å²) in [6.07, 6.45) is 1.83. The SMILES string of the molecule is CC1(C)c2cc(-c3ccc4c5c(cccc35)-c3ccccc3-4)ccc2-c2nc(-c3ccccc3)nc(-c3ccccc3)c21.CC1(C)c2cc(-n3c4ccccc4c4ccccc43)ccc2-c2nc(-c3ccccc3)nc(-c3ccccn3)c21.CC1(C)c2ccccc2-c2nc(-c3ccccc3)nc(-c3cccc(-c4ccc5c6c(cccc46)-c4ccccc4-5)c3)c21. The zero-order chi connectivity index (χ0) is 84.3. The molecular formula is C118H82N8. The Morgan fingerprint density at radius 1 is 0.206 bits per heavy atom. The van der Waals surface area contributed by atoms with Crippen LogP contribution in [0.3, 0.4) is 0 Å². The molecule has 8 heteroatoms. The molecule has 0 spiro atoms. The number of fused-ring (bicyclic) bond motifs is 18. The van der Waals surface area contributed by atoms with E-state index in [1.807, 2.05) is 54.7 Å². The van der Waals surface area contributed by atoms with Crippen LogP contribution in [0.4, 0.5) is 0 Å². The van der Waals surface area contributed by atoms with Crippen LogP contribution in [0.15, 0.2) is 388 Å². The van der Waals surface area contributed by atoms with Gasteiger partial charge >= 0.3 is 0 Å². The molecule has 5 aliphatic rings. The van der Waals surface area contributed by atoms with E-state index in [2.05, 4.69) is 380 Å². The molecule has 0 amide bonds. The lowest BCUT2D eigenvalue weighted by atomic mass is 9.79. The first-order valence-electron chi connectivity index (χ1n) is 43.5. The molecule has 0 atom stereocenters. The van der Waals surface area contributed by atoms with Crippen molar-refractivity contribution in [1.29, 1.82) is 0 Å². The topological polar surface area (TPSA) is 95.2 Å². The molecule has 5 heterocycles. The van der Waals surface area contributed by atoms with Crippen LogP contribution in [0, 0.1) is 0 Å². The molecule has 0 aliphatic heterocycles. The van der Waals surface area contributed by atoms with Crippen LogP contribution in [0.25, 0.3) is 218 Å². The molecule has 126 heavy (non-hydrogen) atoms. The number of para-hydroxylation sites is 2. The fourth-order valence-corrected chi connectivity index (χ4v) is 21.2. The molecule has 0 radical (unpaired) electrons. The Morgan fingerprint density at radius 2 is 0.540 bits per heavy atom. The highest BCUT2D eigenvalue weighted by atomic mass is 15.0. The van der Waals surface area contributed by atoms with Crippen molar-refractivity contribution in [1.82, 2.24) is 39.5 Å². The number of nitrogens with zero attached hydrogens (tertiary/aromatic N) is 8. The molecule has 26 rings (SSSR count). The summed E-state index contributed by atoms with van der Waals surface area (Å²) in [6.45, 7) is 13.8. The second kappa shape index (κ2) is 28.7. The minimum Gasteiger partial charge on any atom is -0.309 e. The first kappa shape index (κ1) is 74.1. The summed E-state index contributed by atoms with van der Waals surface area (Å²) in [7, 11) is 0. The Kier molecular flexibility index (Phi) is 16.9. The van der Waals surface area contributed by atoms with Crippen LogP contribution in [0.5, 0.6) is 0 Å². The van der Waals surface area contributed by atoms with Gasteiger partial charge < -0.3 is 4.57 Å². The van der Waals surface area contributed by atoms with Gasteiger partial charge in [-0.15, -0.1) is 0 Å². The van der Waals surface area contributed by atoms with E-state index in [1.165, 1.54) is 149 Å². The Morgan fingerprint density at radius 3 is 1.05 bits per heavy atom. The third kappa shape index (κ3) is 11.5. The second-order valence-electron chi connectivity index (χ2n) is 35.3. The summed E-state index contributed by atoms with van der Waals surface area (Å²) in [4.78, 5) is 36.0. The summed E-state index contributed by atoms with van der Waals surface area (Å²) >= 11 is 0. The van der Waals surface area contributed by atoms with Gasteiger partial charge in [0.15, 0.2) is 17.5 Å². The predicted octanol–water partition coefficient (Wildman–Crippen LogP) is 29.8. The van der Waals surface area contributed by atoms with Gasteiger partial charge in [0.05, 0.1) is 50.9 Å². The van der Waals surface area contributed by atoms with Gasteiger partial charge in [0.1, 0.15) is 0 Å². The summed E-state index contributed by atoms with van der Waals surface area (Å²) in [6, 6.07) is 136. The van der Waals surface area contributed by atoms with Crippen molar-refractivity contribution in [2.45, 2.75) is 57.8 Å². The third-order valence-corrected chi connectivity index (χ3v) is 27.1. The van der Waals surface area contributed by atoms with Gasteiger partial charge in [-0.2, -0.15) is 0 Å². The zero-order valence-electron chi connectivity index (χ0n) is 70.5. The molecule has 0 saturated carbocycles. The van der Waals surface area contributed by atoms with E-state index in [-0.39, 0.29) is 16.2 Å². The number of hydrogen-bond donors (Lipinski definition) is 0. The van der Waals surface area contributed by atoms with Gasteiger partial charge in [-0.25, -0.2) is 29.9 Å². The maximum absolute atomic E-state index is 5.31. The van der Waals surface area contributed by atoms with E-state index in [9.17, 15) is 0 Å². The number of pyridine rings is 1. The molecule has 0 fully saturated rings. The van der Waals surface area contributed by atoms with Gasteiger partial charge in [-0.3, -0.25) is 4.98 Å². The smallest absolute Gasteiger partial charge is 0.160 e. The fraction of sp³-hybridized carbons (Fsp3) is 0.0763. The van der Waals surface area contributed by atoms with Crippen LogP contribution >= 0.6 is 0 Å². The number of aromatic nitrogens is 8. The van der Waals surface area contributed by atoms with Crippen LogP contribution in [-0.2, 0) is 16.2 Å². The number of hydrogen-bond acceptors (Lipinski definition) is 7. The van der Waals surface area contributed by atoms with E-state index in [0.717, 1.165) is 102 Å². The highest BCUT2D eigenvalue weighted by Gasteiger charge is 2.44. The van der Waals surface area contributed by atoms with Crippen molar-refractivity contribution in [3.05, 3.63) is 422 Å². The molecule has 594 valence electrons. The zero-order valence-corrected chi connectivity index (χ0v) is 70.5. The molecular weight excluding hydrogens is 1530 g/mol. The third-order valence-electron chi connectivity index (χ3n) is 27.1. The molecule has 0 unspecified atom stereocenters. The molecule has 16 aromatic carbocycles. The molecule has 0 bridgehead atoms. The maximum Gasteiger partial charge on any atom is 0.160 e. The summed E-state index contributed by atoms with van der Waals surface area (Å²) < 4.78 is 2.38. The normalized spacial score (nSPS) is 13.5. The average molecular weight is 1610 g/mol. The standard InChI is InChI=1S/2C41H28N2.C36H26N4/c1-41(2)35-24-27(28-22-23-33-30-17-10-9-16-29(30)32-19-11-18-31(28)36(32)33)20-21-34(35)39-37(41)38(25-12-5-3-6-13-25)42-40(43-39)26-14-7-4-8-15-26;1-41(2)35-21-9-8-18-34(35)39-37(41)38(42-40(43-39)25-12-4-3-5-13-25)27-15-10-14-26(24-27)28-22-23-33-30-17-7-6-16-29(30)32-20-11-19-31(28)36(32)33;1-36(2)28-22-24(40-30-17-8-6-14-25(30)26-15-7-9-18-31(26)40)19-20-27(28)33-32(36)34(29-16-10-11-21-37-29)39-35(38-33)23-12-4-3-5-13-23/h2*3-24H,1-2H3;3-22H,1-2H3. The van der Waals surface area contributed by atoms with Gasteiger partial charge in [-0.1, -0.05) is 375 Å². The van der Waals surface area contributed by atoms with E-state index in [0.29, 0.717) is 0 Å². The van der Waals surface area contributed by atoms with Gasteiger partial charge in [0, 0.05) is 100 Å². The Labute approximate surface area is 731 Å². The van der Waals surface area contributed by atoms with E-state index in [4.69, 9.17) is 34.9 Å². The predicted molar refractivity (Wildman–Crippen MR) is 518 cm³/mol. The summed E-state index contributed by atoms with van der Waals surface area (Å²) in [5.41, 5.74) is 41.3. The Balaban J connectivity index is 0.000000106. The van der Waals surface area contributed by atoms with Crippen molar-refractivity contribution >= 4 is 43.4 Å². The van der Waals surface area contributed by atoms with Gasteiger partial charge in [-0.05, 0) is 154 Å². The number of rotatable bonds is 9. The molecule has 21 aromatic rings. The Bertz CT molecular complexity index is 7980. The summed E-state index contributed by atoms with van der Waals surface area (Å²) in [5, 5.41) is 7.81. The monoisotopic (exact) mass is 1610 g/mol. The molecule has 0 saturated heterocycles. The van der Waals surface area contributed by atoms with Gasteiger partial charge in [0.25, 0.3) is 0 Å². The minimum atomic E-state index is -0.318. The summed E-state index contributed by atoms with van der Waals surface area (Å²) in [5.74, 6) is 2.24. The average Bonchev–Trinajstić information content (AvgIpc) is 1.54. The van der Waals surface area contributed by atoms with Crippen molar-refractivity contribution < 1.29 is 0 Å². The highest BCUT2D eigenvalue weighted by Crippen LogP contribution is 2.58. The Hall–Kier alpha value is -15.8. The lowest BCUT2D eigenvalue weighted by molar-refractivity contribution is 0.657. The molecule has 8 nitrogen and oxygen atoms in total. The first-order chi connectivity index (χ1) is 61.8. The second-order valence-corrected chi connectivity index (χ2v) is 35.3. The van der Waals surface area contributed by atoms with Crippen molar-refractivity contribution in [2.75, 3.05) is 0 Å². The number of benzene rings is 16. The fourth-order valence-electron chi connectivity index (χ4n) is 21.2. The van der Waals surface area contributed by atoms with Crippen molar-refractivity contribution in [3.8, 4) is 174 Å². The van der Waals surface area contributed by atoms with E-state index < -0.39 is 0 Å². The van der Waals surface area contributed by atoms with E-state index >= 15 is 0 Å². The van der Waals surface area contributed by atoms with E-state index in [1.54, 1.807) is 0 Å². The van der Waals surface area contributed by atoms with Crippen LogP contribution in [0.1, 0.15) is 74.9 Å². The van der Waals surface area contributed by atoms with Crippen molar-refractivity contribution in [3.63, 3.8) is 0 Å². The minimum absolute atomic E-state index is 0.222. The van der Waals surface area contributed by atoms with Crippen molar-refractivity contribution in [2.24, 2.45) is 0 Å². The highest BCUT2D eigenvalue weighted by molar-refractivity contribution is 6.20. The first-order valence-corrected chi connectivity index (χ1v) is 43.5. The maximum atomic E-state index is 5.31. The van der Waals surface area contributed by atoms with Gasteiger partial charge in [0.2, 0.25) is 0 Å². The van der Waals surface area contributed by atoms with Crippen LogP contribution in [0.2, 0.25) is 0 Å². The van der Waals surface area contributed by atoms with Crippen LogP contribution in [-0.4, -0.2) is 39.5 Å². The lowest BCUT2D eigenvalue weighted by Crippen LogP contribution is -2.18. The molecule has 5 aromatic heterocycles. The largest absolute Gasteiger partial charge is 0.309 e. The molecule has 5 aliphatic carbocycles. The molecule has 0 N–H and O–H groups in total. The van der Waals surface area contributed by atoms with Crippen LogP contribution < -0.4 is 0 Å². The lowest BCUT2D eigenvalue weighted by Gasteiger charge is -2.24. The quantitative estimate of drug-likeness (QED) is 0.142.